The highest BCUT2D eigenvalue weighted by atomic mass is 35.5. The Bertz CT molecular complexity index is 1290. The van der Waals surface area contributed by atoms with Crippen molar-refractivity contribution in [2.45, 2.75) is 19.1 Å². The number of alkyl halides is 3. The van der Waals surface area contributed by atoms with Crippen molar-refractivity contribution < 1.29 is 13.2 Å². The van der Waals surface area contributed by atoms with Gasteiger partial charge >= 0.3 is 6.18 Å². The number of hydrogen-bond donors (Lipinski definition) is 0. The zero-order valence-corrected chi connectivity index (χ0v) is 18.8. The van der Waals surface area contributed by atoms with E-state index in [4.69, 9.17) is 16.9 Å². The largest absolute Gasteiger partial charge is 0.417 e. The molecule has 4 rings (SSSR count). The van der Waals surface area contributed by atoms with Crippen LogP contribution in [0.2, 0.25) is 5.02 Å². The van der Waals surface area contributed by atoms with Gasteiger partial charge in [0.05, 0.1) is 30.1 Å². The molecule has 0 N–H and O–H groups in total. The summed E-state index contributed by atoms with van der Waals surface area (Å²) in [4.78, 5) is 4.22. The summed E-state index contributed by atoms with van der Waals surface area (Å²) >= 11 is 6.46. The predicted octanol–water partition coefficient (Wildman–Crippen LogP) is 7.15. The van der Waals surface area contributed by atoms with E-state index >= 15 is 0 Å². The molecule has 0 bridgehead atoms. The van der Waals surface area contributed by atoms with Crippen LogP contribution < -0.4 is 0 Å². The van der Waals surface area contributed by atoms with Crippen molar-refractivity contribution in [1.82, 2.24) is 9.55 Å². The normalized spacial score (nSPS) is 11.0. The van der Waals surface area contributed by atoms with Crippen molar-refractivity contribution in [1.29, 1.82) is 5.26 Å². The van der Waals surface area contributed by atoms with Gasteiger partial charge in [-0.2, -0.15) is 18.4 Å². The number of aromatic nitrogens is 2. The number of benzene rings is 3. The molecule has 0 unspecified atom stereocenters. The molecule has 0 saturated carbocycles. The first-order valence-electron chi connectivity index (χ1n) is 9.78. The molecule has 0 spiro atoms. The Morgan fingerprint density at radius 1 is 1.00 bits per heavy atom. The summed E-state index contributed by atoms with van der Waals surface area (Å²) in [6.07, 6.45) is -0.360. The molecule has 1 heterocycles. The minimum Gasteiger partial charge on any atom is -0.330 e. The summed E-state index contributed by atoms with van der Waals surface area (Å²) in [5.41, 5.74) is 3.18. The van der Waals surface area contributed by atoms with Crippen molar-refractivity contribution >= 4 is 24.0 Å². The van der Waals surface area contributed by atoms with Crippen LogP contribution in [-0.2, 0) is 19.1 Å². The first-order chi connectivity index (χ1) is 15.3. The quantitative estimate of drug-likeness (QED) is 0.299. The standard InChI is InChI=1S/C25H17ClF3N3.ClH/c26-24-12-19(22-3-1-2-4-23(22)25(27,28)29)9-10-20(24)15-32-16-31-14-21(32)11-17-5-7-18(13-30)8-6-17;/h1-10,12,14,16H,11,15H2;1H. The smallest absolute Gasteiger partial charge is 0.330 e. The molecule has 4 aromatic rings. The highest BCUT2D eigenvalue weighted by Crippen LogP contribution is 2.38. The SMILES string of the molecule is Cl.N#Cc1ccc(Cc2cncn2Cc2ccc(-c3ccccc3C(F)(F)F)cc2Cl)cc1. The number of imidazole rings is 1. The van der Waals surface area contributed by atoms with E-state index in [0.29, 0.717) is 29.1 Å². The molecule has 0 saturated heterocycles. The van der Waals surface area contributed by atoms with Crippen molar-refractivity contribution in [3.63, 3.8) is 0 Å². The molecule has 0 amide bonds. The molecular formula is C25H18Cl2F3N3. The van der Waals surface area contributed by atoms with Crippen molar-refractivity contribution in [2.24, 2.45) is 0 Å². The summed E-state index contributed by atoms with van der Waals surface area (Å²) in [5, 5.41) is 9.32. The van der Waals surface area contributed by atoms with Gasteiger partial charge in [0.2, 0.25) is 0 Å². The minimum atomic E-state index is -4.45. The van der Waals surface area contributed by atoms with Crippen molar-refractivity contribution in [2.75, 3.05) is 0 Å². The van der Waals surface area contributed by atoms with Gasteiger partial charge in [0.25, 0.3) is 0 Å². The molecule has 8 heteroatoms. The summed E-state index contributed by atoms with van der Waals surface area (Å²) in [6.45, 7) is 0.436. The molecule has 168 valence electrons. The Morgan fingerprint density at radius 2 is 1.73 bits per heavy atom. The second-order valence-electron chi connectivity index (χ2n) is 7.35. The Balaban J connectivity index is 0.00000306. The lowest BCUT2D eigenvalue weighted by Gasteiger charge is -2.15. The van der Waals surface area contributed by atoms with Crippen LogP contribution >= 0.6 is 24.0 Å². The first kappa shape index (κ1) is 24.4. The van der Waals surface area contributed by atoms with E-state index in [-0.39, 0.29) is 18.0 Å². The van der Waals surface area contributed by atoms with E-state index in [1.54, 1.807) is 48.9 Å². The maximum absolute atomic E-state index is 13.4. The highest BCUT2D eigenvalue weighted by molar-refractivity contribution is 6.31. The minimum absolute atomic E-state index is 0. The average molecular weight is 488 g/mol. The third kappa shape index (κ3) is 5.57. The zero-order valence-electron chi connectivity index (χ0n) is 17.2. The predicted molar refractivity (Wildman–Crippen MR) is 124 cm³/mol. The molecule has 3 aromatic carbocycles. The van der Waals surface area contributed by atoms with E-state index in [1.165, 1.54) is 12.1 Å². The molecule has 0 atom stereocenters. The fourth-order valence-electron chi connectivity index (χ4n) is 3.55. The molecule has 1 aromatic heterocycles. The van der Waals surface area contributed by atoms with Crippen LogP contribution in [0.1, 0.15) is 27.9 Å². The lowest BCUT2D eigenvalue weighted by Crippen LogP contribution is -2.07. The Labute approximate surface area is 200 Å². The number of nitrogens with zero attached hydrogens (tertiary/aromatic N) is 3. The molecule has 0 fully saturated rings. The fourth-order valence-corrected chi connectivity index (χ4v) is 3.79. The Hall–Kier alpha value is -3.27. The van der Waals surface area contributed by atoms with Crippen LogP contribution in [0.3, 0.4) is 0 Å². The fraction of sp³-hybridized carbons (Fsp3) is 0.120. The average Bonchev–Trinajstić information content (AvgIpc) is 3.21. The maximum Gasteiger partial charge on any atom is 0.417 e. The number of nitriles is 1. The third-order valence-corrected chi connectivity index (χ3v) is 5.56. The monoisotopic (exact) mass is 487 g/mol. The summed E-state index contributed by atoms with van der Waals surface area (Å²) < 4.78 is 42.1. The number of halogens is 5. The van der Waals surface area contributed by atoms with Crippen molar-refractivity contribution in [3.05, 3.63) is 112 Å². The number of rotatable bonds is 5. The second kappa shape index (κ2) is 10.1. The van der Waals surface area contributed by atoms with Crippen LogP contribution in [0.25, 0.3) is 11.1 Å². The van der Waals surface area contributed by atoms with Gasteiger partial charge in [-0.1, -0.05) is 54.1 Å². The zero-order chi connectivity index (χ0) is 22.7. The molecule has 0 aliphatic carbocycles. The lowest BCUT2D eigenvalue weighted by atomic mass is 9.98. The van der Waals surface area contributed by atoms with E-state index in [1.807, 2.05) is 16.7 Å². The van der Waals surface area contributed by atoms with Crippen LogP contribution in [0.4, 0.5) is 13.2 Å². The van der Waals surface area contributed by atoms with E-state index in [2.05, 4.69) is 11.1 Å². The van der Waals surface area contributed by atoms with Crippen LogP contribution in [0.5, 0.6) is 0 Å². The van der Waals surface area contributed by atoms with Crippen LogP contribution in [-0.4, -0.2) is 9.55 Å². The van der Waals surface area contributed by atoms with Gasteiger partial charge in [0.15, 0.2) is 0 Å². The van der Waals surface area contributed by atoms with Gasteiger partial charge in [-0.3, -0.25) is 0 Å². The maximum atomic E-state index is 13.4. The summed E-state index contributed by atoms with van der Waals surface area (Å²) in [5.74, 6) is 0. The summed E-state index contributed by atoms with van der Waals surface area (Å²) in [6, 6.07) is 19.9. The van der Waals surface area contributed by atoms with Gasteiger partial charge in [-0.05, 0) is 46.5 Å². The molecule has 0 aliphatic heterocycles. The molecule has 0 aliphatic rings. The third-order valence-electron chi connectivity index (χ3n) is 5.20. The number of hydrogen-bond acceptors (Lipinski definition) is 2. The van der Waals surface area contributed by atoms with E-state index in [0.717, 1.165) is 22.9 Å². The molecule has 3 nitrogen and oxygen atoms in total. The Morgan fingerprint density at radius 3 is 2.39 bits per heavy atom. The Kier molecular flexibility index (Phi) is 7.47. The highest BCUT2D eigenvalue weighted by Gasteiger charge is 2.33. The van der Waals surface area contributed by atoms with E-state index in [9.17, 15) is 13.2 Å². The topological polar surface area (TPSA) is 41.6 Å². The van der Waals surface area contributed by atoms with Gasteiger partial charge in [-0.15, -0.1) is 12.4 Å². The van der Waals surface area contributed by atoms with Gasteiger partial charge in [-0.25, -0.2) is 4.98 Å². The lowest BCUT2D eigenvalue weighted by molar-refractivity contribution is -0.137. The van der Waals surface area contributed by atoms with Crippen LogP contribution in [0.15, 0.2) is 79.3 Å². The van der Waals surface area contributed by atoms with Crippen molar-refractivity contribution in [3.8, 4) is 17.2 Å². The van der Waals surface area contributed by atoms with E-state index < -0.39 is 11.7 Å². The van der Waals surface area contributed by atoms with Gasteiger partial charge < -0.3 is 4.57 Å². The molecule has 33 heavy (non-hydrogen) atoms. The molecular weight excluding hydrogens is 470 g/mol. The summed E-state index contributed by atoms with van der Waals surface area (Å²) in [7, 11) is 0. The second-order valence-corrected chi connectivity index (χ2v) is 7.76. The van der Waals surface area contributed by atoms with Crippen LogP contribution in [0, 0.1) is 11.3 Å². The van der Waals surface area contributed by atoms with Gasteiger partial charge in [0, 0.05) is 23.3 Å². The molecule has 0 radical (unpaired) electrons. The van der Waals surface area contributed by atoms with Gasteiger partial charge in [0.1, 0.15) is 0 Å². The first-order valence-corrected chi connectivity index (χ1v) is 10.2.